The summed E-state index contributed by atoms with van der Waals surface area (Å²) in [7, 11) is 1.81. The zero-order valence-corrected chi connectivity index (χ0v) is 17.1. The molecule has 0 radical (unpaired) electrons. The molecule has 0 fully saturated rings. The first-order valence-corrected chi connectivity index (χ1v) is 10.4. The second kappa shape index (κ2) is 8.19. The van der Waals surface area contributed by atoms with Crippen LogP contribution < -0.4 is 5.56 Å². The number of amides is 1. The molecule has 1 unspecified atom stereocenters. The van der Waals surface area contributed by atoms with Gasteiger partial charge in [-0.3, -0.25) is 14.2 Å². The van der Waals surface area contributed by atoms with Gasteiger partial charge in [0.15, 0.2) is 0 Å². The fourth-order valence-electron chi connectivity index (χ4n) is 4.06. The number of carbonyl (C=O) groups excluding carboxylic acids is 1. The number of nitrogens with zero attached hydrogens (tertiary/aromatic N) is 3. The second-order valence-electron chi connectivity index (χ2n) is 7.88. The maximum absolute atomic E-state index is 13.1. The molecule has 2 aromatic carbocycles. The van der Waals surface area contributed by atoms with Crippen molar-refractivity contribution in [3.05, 3.63) is 75.8 Å². The molecule has 2 heterocycles. The van der Waals surface area contributed by atoms with Crippen molar-refractivity contribution >= 4 is 16.8 Å². The van der Waals surface area contributed by atoms with E-state index >= 15 is 0 Å². The van der Waals surface area contributed by atoms with Gasteiger partial charge in [-0.25, -0.2) is 4.98 Å². The van der Waals surface area contributed by atoms with E-state index in [4.69, 9.17) is 4.98 Å². The lowest BCUT2D eigenvalue weighted by molar-refractivity contribution is 0.0743. The molecule has 0 bridgehead atoms. The van der Waals surface area contributed by atoms with Crippen LogP contribution in [-0.4, -0.2) is 27.4 Å². The molecule has 1 aliphatic heterocycles. The van der Waals surface area contributed by atoms with Crippen LogP contribution in [0.5, 0.6) is 0 Å². The second-order valence-corrected chi connectivity index (χ2v) is 7.88. The molecule has 4 rings (SSSR count). The van der Waals surface area contributed by atoms with Gasteiger partial charge in [0.05, 0.1) is 16.9 Å². The smallest absolute Gasteiger partial charge is 0.261 e. The molecule has 1 amide bonds. The molecule has 0 saturated heterocycles. The van der Waals surface area contributed by atoms with E-state index in [0.717, 1.165) is 43.6 Å². The number of carbonyl (C=O) groups is 1. The van der Waals surface area contributed by atoms with E-state index in [1.165, 1.54) is 6.42 Å². The first kappa shape index (κ1) is 19.4. The highest BCUT2D eigenvalue weighted by Crippen LogP contribution is 2.22. The Balaban J connectivity index is 1.68. The van der Waals surface area contributed by atoms with Crippen molar-refractivity contribution in [1.29, 1.82) is 0 Å². The molecule has 1 atom stereocenters. The summed E-state index contributed by atoms with van der Waals surface area (Å²) in [5, 5.41) is 0.588. The van der Waals surface area contributed by atoms with Crippen LogP contribution in [0.4, 0.5) is 0 Å². The van der Waals surface area contributed by atoms with Gasteiger partial charge in [-0.1, -0.05) is 43.2 Å². The minimum Gasteiger partial charge on any atom is -0.335 e. The lowest BCUT2D eigenvalue weighted by Gasteiger charge is -2.25. The van der Waals surface area contributed by atoms with Crippen molar-refractivity contribution < 1.29 is 4.79 Å². The van der Waals surface area contributed by atoms with Crippen molar-refractivity contribution in [2.45, 2.75) is 51.6 Å². The van der Waals surface area contributed by atoms with Gasteiger partial charge in [0, 0.05) is 25.6 Å². The van der Waals surface area contributed by atoms with Gasteiger partial charge in [-0.15, -0.1) is 0 Å². The molecule has 0 saturated carbocycles. The number of rotatable bonds is 3. The maximum Gasteiger partial charge on any atom is 0.261 e. The molecule has 0 aliphatic carbocycles. The fraction of sp³-hybridized carbons (Fsp3) is 0.375. The third-order valence-electron chi connectivity index (χ3n) is 6.00. The largest absolute Gasteiger partial charge is 0.335 e. The van der Waals surface area contributed by atoms with Crippen LogP contribution >= 0.6 is 0 Å². The summed E-state index contributed by atoms with van der Waals surface area (Å²) in [5.41, 5.74) is 2.28. The van der Waals surface area contributed by atoms with Crippen LogP contribution in [0.25, 0.3) is 10.9 Å². The Morgan fingerprint density at radius 2 is 1.83 bits per heavy atom. The fourth-order valence-corrected chi connectivity index (χ4v) is 4.06. The molecule has 5 nitrogen and oxygen atoms in total. The van der Waals surface area contributed by atoms with Crippen LogP contribution in [0.15, 0.2) is 53.3 Å². The van der Waals surface area contributed by atoms with E-state index in [9.17, 15) is 9.59 Å². The summed E-state index contributed by atoms with van der Waals surface area (Å²) in [6.45, 7) is 2.75. The van der Waals surface area contributed by atoms with Crippen molar-refractivity contribution in [2.24, 2.45) is 0 Å². The first-order valence-electron chi connectivity index (χ1n) is 10.4. The Bertz CT molecular complexity index is 1090. The SMILES string of the molecule is CC(c1ccccc1)N(C)C(=O)c1ccc2c(=O)n3c(nc2c1)CCCCCC3. The third kappa shape index (κ3) is 3.82. The van der Waals surface area contributed by atoms with E-state index < -0.39 is 0 Å². The molecular weight excluding hydrogens is 362 g/mol. The van der Waals surface area contributed by atoms with Gasteiger partial charge in [0.1, 0.15) is 5.82 Å². The molecule has 0 spiro atoms. The highest BCUT2D eigenvalue weighted by Gasteiger charge is 2.20. The Kier molecular flexibility index (Phi) is 5.47. The lowest BCUT2D eigenvalue weighted by Crippen LogP contribution is -2.30. The average molecular weight is 389 g/mol. The van der Waals surface area contributed by atoms with Crippen LogP contribution in [0.3, 0.4) is 0 Å². The molecule has 150 valence electrons. The van der Waals surface area contributed by atoms with Gasteiger partial charge in [-0.2, -0.15) is 0 Å². The summed E-state index contributed by atoms with van der Waals surface area (Å²) in [4.78, 5) is 32.6. The third-order valence-corrected chi connectivity index (χ3v) is 6.00. The number of benzene rings is 2. The van der Waals surface area contributed by atoms with Crippen molar-refractivity contribution in [3.63, 3.8) is 0 Å². The number of hydrogen-bond acceptors (Lipinski definition) is 3. The van der Waals surface area contributed by atoms with Crippen LogP contribution in [0.2, 0.25) is 0 Å². The van der Waals surface area contributed by atoms with E-state index in [1.807, 2.05) is 48.9 Å². The van der Waals surface area contributed by atoms with Gasteiger partial charge in [0.25, 0.3) is 11.5 Å². The minimum atomic E-state index is -0.0723. The van der Waals surface area contributed by atoms with Gasteiger partial charge in [-0.05, 0) is 43.5 Å². The number of aryl methyl sites for hydroxylation is 1. The Morgan fingerprint density at radius 3 is 2.62 bits per heavy atom. The van der Waals surface area contributed by atoms with Crippen LogP contribution in [0.1, 0.15) is 60.4 Å². The zero-order chi connectivity index (χ0) is 20.4. The Morgan fingerprint density at radius 1 is 1.07 bits per heavy atom. The first-order chi connectivity index (χ1) is 14.1. The number of hydrogen-bond donors (Lipinski definition) is 0. The number of aromatic nitrogens is 2. The minimum absolute atomic E-state index is 0.0110. The highest BCUT2D eigenvalue weighted by molar-refractivity contribution is 5.97. The van der Waals surface area contributed by atoms with Crippen LogP contribution in [0, 0.1) is 0 Å². The highest BCUT2D eigenvalue weighted by atomic mass is 16.2. The Hall–Kier alpha value is -2.95. The van der Waals surface area contributed by atoms with Crippen molar-refractivity contribution in [2.75, 3.05) is 7.05 Å². The van der Waals surface area contributed by atoms with E-state index in [0.29, 0.717) is 16.5 Å². The molecule has 29 heavy (non-hydrogen) atoms. The molecule has 0 N–H and O–H groups in total. The molecular formula is C24H27N3O2. The molecule has 5 heteroatoms. The maximum atomic E-state index is 13.1. The number of fused-ring (bicyclic) bond motifs is 2. The molecule has 1 aliphatic rings. The normalized spacial score (nSPS) is 15.2. The zero-order valence-electron chi connectivity index (χ0n) is 17.1. The summed E-state index contributed by atoms with van der Waals surface area (Å²) >= 11 is 0. The van der Waals surface area contributed by atoms with Gasteiger partial charge >= 0.3 is 0 Å². The summed E-state index contributed by atoms with van der Waals surface area (Å²) in [6.07, 6.45) is 5.21. The van der Waals surface area contributed by atoms with Gasteiger partial charge < -0.3 is 4.90 Å². The molecule has 1 aromatic heterocycles. The predicted octanol–water partition coefficient (Wildman–Crippen LogP) is 4.35. The standard InChI is InChI=1S/C24H27N3O2/c1-17(18-10-6-5-7-11-18)26(2)23(28)19-13-14-20-21(16-19)25-22-12-8-3-4-9-15-27(22)24(20)29/h5-7,10-11,13-14,16-17H,3-4,8-9,12,15H2,1-2H3. The Labute approximate surface area is 171 Å². The van der Waals surface area contributed by atoms with E-state index in [2.05, 4.69) is 0 Å². The predicted molar refractivity (Wildman–Crippen MR) is 115 cm³/mol. The monoisotopic (exact) mass is 389 g/mol. The summed E-state index contributed by atoms with van der Waals surface area (Å²) in [6, 6.07) is 15.2. The summed E-state index contributed by atoms with van der Waals surface area (Å²) in [5.74, 6) is 0.773. The lowest BCUT2D eigenvalue weighted by atomic mass is 10.1. The quantitative estimate of drug-likeness (QED) is 0.669. The van der Waals surface area contributed by atoms with Crippen molar-refractivity contribution in [1.82, 2.24) is 14.5 Å². The van der Waals surface area contributed by atoms with E-state index in [-0.39, 0.29) is 17.5 Å². The van der Waals surface area contributed by atoms with E-state index in [1.54, 1.807) is 23.1 Å². The average Bonchev–Trinajstić information content (AvgIpc) is 2.74. The molecule has 3 aromatic rings. The van der Waals surface area contributed by atoms with Gasteiger partial charge in [0.2, 0.25) is 0 Å². The van der Waals surface area contributed by atoms with Crippen molar-refractivity contribution in [3.8, 4) is 0 Å². The summed E-state index contributed by atoms with van der Waals surface area (Å²) < 4.78 is 1.83. The topological polar surface area (TPSA) is 55.2 Å². The van der Waals surface area contributed by atoms with Crippen LogP contribution in [-0.2, 0) is 13.0 Å².